The molecule has 0 bridgehead atoms. The number of aliphatic carboxylic acids is 4. The quantitative estimate of drug-likeness (QED) is 0.0293. The van der Waals surface area contributed by atoms with Gasteiger partial charge in [-0.2, -0.15) is 0 Å². The Kier molecular flexibility index (Phi) is 36.1. The second-order valence-corrected chi connectivity index (χ2v) is 14.7. The third kappa shape index (κ3) is 36.2. The minimum absolute atomic E-state index is 0.0257. The van der Waals surface area contributed by atoms with Crippen LogP contribution in [0, 0.1) is 0 Å². The minimum atomic E-state index is -1.44. The van der Waals surface area contributed by atoms with Gasteiger partial charge in [0, 0.05) is 45.2 Å². The molecule has 5 amide bonds. The first-order valence-electron chi connectivity index (χ1n) is 21.7. The van der Waals surface area contributed by atoms with Crippen molar-refractivity contribution in [2.75, 3.05) is 65.9 Å². The second kappa shape index (κ2) is 39.3. The summed E-state index contributed by atoms with van der Waals surface area (Å²) < 4.78 is 21.0. The predicted octanol–water partition coefficient (Wildman–Crippen LogP) is 0.299. The molecule has 0 aliphatic carbocycles. The molecule has 0 aromatic carbocycles. The Morgan fingerprint density at radius 1 is 0.406 bits per heavy atom. The molecule has 0 saturated carbocycles. The lowest BCUT2D eigenvalue weighted by molar-refractivity contribution is -0.144. The van der Waals surface area contributed by atoms with Crippen molar-refractivity contribution < 1.29 is 87.3 Å². The van der Waals surface area contributed by atoms with Gasteiger partial charge in [-0.05, 0) is 32.1 Å². The smallest absolute Gasteiger partial charge is 0.326 e. The van der Waals surface area contributed by atoms with E-state index in [9.17, 15) is 58.2 Å². The number of carbonyl (C=O) groups is 10. The van der Waals surface area contributed by atoms with Gasteiger partial charge in [-0.1, -0.05) is 51.4 Å². The molecule has 64 heavy (non-hydrogen) atoms. The standard InChI is InChI=1S/C41H69N5O18/c47-21-11-12-30(39(55)56)44-35(50)18-16-32(41(59)60)46-37(52)29-64-27-25-62-23-20-43-36(51)28-63-26-24-61-22-19-42-33(48)17-15-31(40(57)58)45-34(49)13-9-7-5-3-1-2-4-6-8-10-14-38(53)54/h21,30-32H,1-20,22-29H2,(H,42,48)(H,43,51)(H,44,50)(H,45,49)(H,46,52)(H,53,54)(H,55,56)(H,57,58)(H,59,60)/t30-,31-,32-/m0/s1. The summed E-state index contributed by atoms with van der Waals surface area (Å²) in [5, 5.41) is 48.7. The number of ether oxygens (including phenoxy) is 4. The van der Waals surface area contributed by atoms with Crippen LogP contribution < -0.4 is 26.6 Å². The first-order valence-corrected chi connectivity index (χ1v) is 21.7. The van der Waals surface area contributed by atoms with Gasteiger partial charge in [0.1, 0.15) is 37.6 Å². The normalized spacial score (nSPS) is 12.2. The molecule has 0 fully saturated rings. The molecule has 0 radical (unpaired) electrons. The average molecular weight is 920 g/mol. The van der Waals surface area contributed by atoms with Crippen molar-refractivity contribution in [2.45, 2.75) is 134 Å². The molecule has 0 rings (SSSR count). The molecule has 0 aliphatic heterocycles. The lowest BCUT2D eigenvalue weighted by Gasteiger charge is -2.16. The third-order valence-corrected chi connectivity index (χ3v) is 9.19. The average Bonchev–Trinajstić information content (AvgIpc) is 3.24. The van der Waals surface area contributed by atoms with Gasteiger partial charge in [-0.15, -0.1) is 0 Å². The Labute approximate surface area is 372 Å². The first kappa shape index (κ1) is 58.7. The number of carboxylic acid groups (broad SMARTS) is 4. The fraction of sp³-hybridized carbons (Fsp3) is 0.756. The van der Waals surface area contributed by atoms with E-state index in [-0.39, 0.29) is 110 Å². The van der Waals surface area contributed by atoms with Gasteiger partial charge in [-0.25, -0.2) is 14.4 Å². The van der Waals surface area contributed by atoms with Crippen molar-refractivity contribution in [2.24, 2.45) is 0 Å². The summed E-state index contributed by atoms with van der Waals surface area (Å²) in [6, 6.07) is -3.92. The molecular formula is C41H69N5O18. The van der Waals surface area contributed by atoms with Gasteiger partial charge < -0.3 is 70.8 Å². The van der Waals surface area contributed by atoms with Gasteiger partial charge in [0.2, 0.25) is 29.5 Å². The lowest BCUT2D eigenvalue weighted by Crippen LogP contribution is -2.44. The van der Waals surface area contributed by atoms with Crippen molar-refractivity contribution >= 4 is 59.7 Å². The van der Waals surface area contributed by atoms with Crippen molar-refractivity contribution in [3.8, 4) is 0 Å². The molecule has 0 heterocycles. The summed E-state index contributed by atoms with van der Waals surface area (Å²) in [5.74, 6) is -7.44. The summed E-state index contributed by atoms with van der Waals surface area (Å²) in [4.78, 5) is 116. The van der Waals surface area contributed by atoms with Crippen LogP contribution in [0.15, 0.2) is 0 Å². The maximum Gasteiger partial charge on any atom is 0.326 e. The van der Waals surface area contributed by atoms with Crippen LogP contribution >= 0.6 is 0 Å². The van der Waals surface area contributed by atoms with E-state index in [1.54, 1.807) is 0 Å². The zero-order valence-corrected chi connectivity index (χ0v) is 36.6. The summed E-state index contributed by atoms with van der Waals surface area (Å²) >= 11 is 0. The Morgan fingerprint density at radius 2 is 0.781 bits per heavy atom. The first-order chi connectivity index (χ1) is 30.7. The maximum atomic E-state index is 12.3. The molecular weight excluding hydrogens is 850 g/mol. The van der Waals surface area contributed by atoms with Crippen molar-refractivity contribution in [1.29, 1.82) is 0 Å². The molecule has 23 nitrogen and oxygen atoms in total. The maximum absolute atomic E-state index is 12.3. The second-order valence-electron chi connectivity index (χ2n) is 14.7. The SMILES string of the molecule is O=CCC[C@H](NC(=O)CC[C@H](NC(=O)COCCOCCNC(=O)COCCOCCNC(=O)CC[C@H](NC(=O)CCCCCCCCCCCCC(=O)O)C(=O)O)C(=O)O)C(=O)O. The van der Waals surface area contributed by atoms with Crippen molar-refractivity contribution in [1.82, 2.24) is 26.6 Å². The van der Waals surface area contributed by atoms with E-state index >= 15 is 0 Å². The number of nitrogens with one attached hydrogen (secondary N) is 5. The topological polar surface area (TPSA) is 349 Å². The molecule has 0 saturated heterocycles. The van der Waals surface area contributed by atoms with Crippen LogP contribution in [0.5, 0.6) is 0 Å². The molecule has 366 valence electrons. The zero-order chi connectivity index (χ0) is 47.8. The number of aldehydes is 1. The molecule has 3 atom stereocenters. The molecule has 0 unspecified atom stereocenters. The summed E-state index contributed by atoms with van der Waals surface area (Å²) in [5.41, 5.74) is 0. The highest BCUT2D eigenvalue weighted by Gasteiger charge is 2.24. The molecule has 0 spiro atoms. The number of hydrogen-bond donors (Lipinski definition) is 9. The number of carboxylic acids is 4. The Hall–Kier alpha value is -5.26. The molecule has 23 heteroatoms. The molecule has 9 N–H and O–H groups in total. The van der Waals surface area contributed by atoms with Crippen LogP contribution in [0.3, 0.4) is 0 Å². The Morgan fingerprint density at radius 3 is 1.25 bits per heavy atom. The van der Waals surface area contributed by atoms with Crippen molar-refractivity contribution in [3.63, 3.8) is 0 Å². The number of carbonyl (C=O) groups excluding carboxylic acids is 6. The van der Waals surface area contributed by atoms with Gasteiger partial charge >= 0.3 is 23.9 Å². The van der Waals surface area contributed by atoms with Crippen LogP contribution in [0.4, 0.5) is 0 Å². The molecule has 0 aliphatic rings. The van der Waals surface area contributed by atoms with E-state index in [4.69, 9.17) is 29.2 Å². The molecule has 0 aromatic heterocycles. The zero-order valence-electron chi connectivity index (χ0n) is 36.6. The minimum Gasteiger partial charge on any atom is -0.481 e. The monoisotopic (exact) mass is 919 g/mol. The summed E-state index contributed by atoms with van der Waals surface area (Å²) in [7, 11) is 0. The number of rotatable bonds is 44. The van der Waals surface area contributed by atoms with Crippen molar-refractivity contribution in [3.05, 3.63) is 0 Å². The van der Waals surface area contributed by atoms with Crippen LogP contribution in [0.2, 0.25) is 0 Å². The van der Waals surface area contributed by atoms with Crippen LogP contribution in [-0.2, 0) is 66.9 Å². The number of unbranched alkanes of at least 4 members (excludes halogenated alkanes) is 9. The highest BCUT2D eigenvalue weighted by molar-refractivity contribution is 5.87. The van der Waals surface area contributed by atoms with E-state index in [1.165, 1.54) is 0 Å². The van der Waals surface area contributed by atoms with Gasteiger partial charge in [0.25, 0.3) is 0 Å². The van der Waals surface area contributed by atoms with E-state index in [0.717, 1.165) is 51.4 Å². The third-order valence-electron chi connectivity index (χ3n) is 9.19. The van der Waals surface area contributed by atoms with E-state index in [2.05, 4.69) is 26.6 Å². The fourth-order valence-electron chi connectivity index (χ4n) is 5.74. The van der Waals surface area contributed by atoms with E-state index in [1.807, 2.05) is 0 Å². The van der Waals surface area contributed by atoms with Crippen LogP contribution in [-0.4, -0.2) is 164 Å². The van der Waals surface area contributed by atoms with Crippen LogP contribution in [0.1, 0.15) is 116 Å². The van der Waals surface area contributed by atoms with Crippen LogP contribution in [0.25, 0.3) is 0 Å². The number of amides is 5. The van der Waals surface area contributed by atoms with Gasteiger partial charge in [-0.3, -0.25) is 28.8 Å². The Balaban J connectivity index is 3.87. The Bertz CT molecular complexity index is 1420. The van der Waals surface area contributed by atoms with Gasteiger partial charge in [0.05, 0.1) is 39.6 Å². The summed E-state index contributed by atoms with van der Waals surface area (Å²) in [6.07, 6.45) is 9.28. The molecule has 0 aromatic rings. The highest BCUT2D eigenvalue weighted by Crippen LogP contribution is 2.12. The van der Waals surface area contributed by atoms with E-state index < -0.39 is 78.7 Å². The highest BCUT2D eigenvalue weighted by atomic mass is 16.5. The predicted molar refractivity (Wildman–Crippen MR) is 225 cm³/mol. The largest absolute Gasteiger partial charge is 0.481 e. The number of hydrogen-bond acceptors (Lipinski definition) is 14. The lowest BCUT2D eigenvalue weighted by atomic mass is 10.0. The fourth-order valence-corrected chi connectivity index (χ4v) is 5.74. The summed E-state index contributed by atoms with van der Waals surface area (Å²) in [6.45, 7) is 0.104. The van der Waals surface area contributed by atoms with E-state index in [0.29, 0.717) is 19.1 Å². The van der Waals surface area contributed by atoms with Gasteiger partial charge in [0.15, 0.2) is 0 Å².